The van der Waals surface area contributed by atoms with Crippen LogP contribution in [0.1, 0.15) is 23.2 Å². The molecule has 1 aliphatic rings. The van der Waals surface area contributed by atoms with Crippen molar-refractivity contribution in [3.05, 3.63) is 23.8 Å². The van der Waals surface area contributed by atoms with E-state index < -0.39 is 5.97 Å². The maximum absolute atomic E-state index is 12.7. The second-order valence-electron chi connectivity index (χ2n) is 5.73. The van der Waals surface area contributed by atoms with Gasteiger partial charge in [0.25, 0.3) is 5.91 Å². The number of hydrogen-bond acceptors (Lipinski definition) is 5. The van der Waals surface area contributed by atoms with Crippen molar-refractivity contribution in [1.82, 2.24) is 9.80 Å². The fourth-order valence-electron chi connectivity index (χ4n) is 2.74. The van der Waals surface area contributed by atoms with Crippen LogP contribution in [-0.4, -0.2) is 73.7 Å². The number of piperazine rings is 1. The Bertz CT molecular complexity index is 560. The van der Waals surface area contributed by atoms with Crippen LogP contribution in [-0.2, 0) is 4.79 Å². The van der Waals surface area contributed by atoms with E-state index in [1.165, 1.54) is 0 Å². The zero-order chi connectivity index (χ0) is 17.5. The largest absolute Gasteiger partial charge is 0.497 e. The molecule has 1 aliphatic heterocycles. The minimum absolute atomic E-state index is 0.0441. The second kappa shape index (κ2) is 8.54. The van der Waals surface area contributed by atoms with E-state index in [2.05, 4.69) is 4.90 Å². The van der Waals surface area contributed by atoms with Gasteiger partial charge < -0.3 is 19.5 Å². The monoisotopic (exact) mass is 336 g/mol. The summed E-state index contributed by atoms with van der Waals surface area (Å²) in [6, 6.07) is 5.16. The van der Waals surface area contributed by atoms with Gasteiger partial charge in [0.1, 0.15) is 11.5 Å². The van der Waals surface area contributed by atoms with Gasteiger partial charge in [-0.2, -0.15) is 0 Å². The van der Waals surface area contributed by atoms with Crippen LogP contribution in [0.2, 0.25) is 0 Å². The summed E-state index contributed by atoms with van der Waals surface area (Å²) < 4.78 is 10.4. The van der Waals surface area contributed by atoms with Gasteiger partial charge in [0, 0.05) is 44.2 Å². The summed E-state index contributed by atoms with van der Waals surface area (Å²) >= 11 is 0. The maximum Gasteiger partial charge on any atom is 0.303 e. The van der Waals surface area contributed by atoms with Crippen LogP contribution in [0.4, 0.5) is 0 Å². The lowest BCUT2D eigenvalue weighted by atomic mass is 10.1. The Kier molecular flexibility index (Phi) is 6.43. The molecule has 0 radical (unpaired) electrons. The van der Waals surface area contributed by atoms with Crippen molar-refractivity contribution in [1.29, 1.82) is 0 Å². The van der Waals surface area contributed by atoms with Crippen molar-refractivity contribution in [3.63, 3.8) is 0 Å². The first kappa shape index (κ1) is 18.1. The van der Waals surface area contributed by atoms with Crippen LogP contribution in [0.3, 0.4) is 0 Å². The molecule has 1 saturated heterocycles. The Morgan fingerprint density at radius 1 is 1.04 bits per heavy atom. The van der Waals surface area contributed by atoms with E-state index in [1.54, 1.807) is 32.4 Å². The SMILES string of the molecule is COc1cc(OC)cc(C(=O)N2CCN(CCCC(=O)O)CC2)c1. The van der Waals surface area contributed by atoms with E-state index in [9.17, 15) is 9.59 Å². The summed E-state index contributed by atoms with van der Waals surface area (Å²) in [6.07, 6.45) is 0.819. The van der Waals surface area contributed by atoms with Crippen LogP contribution in [0.25, 0.3) is 0 Å². The lowest BCUT2D eigenvalue weighted by molar-refractivity contribution is -0.137. The van der Waals surface area contributed by atoms with E-state index in [0.29, 0.717) is 36.6 Å². The number of carbonyl (C=O) groups excluding carboxylic acids is 1. The Morgan fingerprint density at radius 3 is 2.12 bits per heavy atom. The van der Waals surface area contributed by atoms with E-state index in [-0.39, 0.29) is 12.3 Å². The molecule has 0 saturated carbocycles. The minimum atomic E-state index is -0.768. The molecule has 0 aliphatic carbocycles. The Hall–Kier alpha value is -2.28. The molecule has 0 bridgehead atoms. The molecule has 7 heteroatoms. The normalized spacial score (nSPS) is 15.2. The number of amides is 1. The van der Waals surface area contributed by atoms with E-state index in [1.807, 2.05) is 4.90 Å². The smallest absolute Gasteiger partial charge is 0.303 e. The number of methoxy groups -OCH3 is 2. The number of benzene rings is 1. The highest BCUT2D eigenvalue weighted by Crippen LogP contribution is 2.23. The van der Waals surface area contributed by atoms with Gasteiger partial charge in [-0.05, 0) is 25.1 Å². The second-order valence-corrected chi connectivity index (χ2v) is 5.73. The fraction of sp³-hybridized carbons (Fsp3) is 0.529. The molecule has 1 amide bonds. The van der Waals surface area contributed by atoms with E-state index >= 15 is 0 Å². The van der Waals surface area contributed by atoms with Gasteiger partial charge in [-0.15, -0.1) is 0 Å². The lowest BCUT2D eigenvalue weighted by Crippen LogP contribution is -2.48. The highest BCUT2D eigenvalue weighted by Gasteiger charge is 2.23. The summed E-state index contributed by atoms with van der Waals surface area (Å²) in [4.78, 5) is 27.2. The Labute approximate surface area is 141 Å². The average Bonchev–Trinajstić information content (AvgIpc) is 2.60. The molecule has 1 aromatic rings. The van der Waals surface area contributed by atoms with Crippen molar-refractivity contribution in [3.8, 4) is 11.5 Å². The lowest BCUT2D eigenvalue weighted by Gasteiger charge is -2.34. The molecular weight excluding hydrogens is 312 g/mol. The van der Waals surface area contributed by atoms with Gasteiger partial charge in [0.05, 0.1) is 14.2 Å². The van der Waals surface area contributed by atoms with Gasteiger partial charge in [-0.25, -0.2) is 0 Å². The first-order valence-electron chi connectivity index (χ1n) is 8.00. The van der Waals surface area contributed by atoms with Crippen molar-refractivity contribution < 1.29 is 24.2 Å². The number of carboxylic acids is 1. The predicted molar refractivity (Wildman–Crippen MR) is 88.8 cm³/mol. The molecule has 1 heterocycles. The van der Waals surface area contributed by atoms with E-state index in [0.717, 1.165) is 19.6 Å². The minimum Gasteiger partial charge on any atom is -0.497 e. The summed E-state index contributed by atoms with van der Waals surface area (Å²) in [5.74, 6) is 0.364. The molecule has 0 atom stereocenters. The molecule has 0 aromatic heterocycles. The van der Waals surface area contributed by atoms with Crippen LogP contribution >= 0.6 is 0 Å². The molecular formula is C17H24N2O5. The van der Waals surface area contributed by atoms with Crippen molar-refractivity contribution >= 4 is 11.9 Å². The number of carbonyl (C=O) groups is 2. The highest BCUT2D eigenvalue weighted by atomic mass is 16.5. The van der Waals surface area contributed by atoms with Crippen molar-refractivity contribution in [2.45, 2.75) is 12.8 Å². The summed E-state index contributed by atoms with van der Waals surface area (Å²) in [7, 11) is 3.11. The zero-order valence-corrected chi connectivity index (χ0v) is 14.2. The number of carboxylic acid groups (broad SMARTS) is 1. The standard InChI is InChI=1S/C17H24N2O5/c1-23-14-10-13(11-15(12-14)24-2)17(22)19-8-6-18(7-9-19)5-3-4-16(20)21/h10-12H,3-9H2,1-2H3,(H,20,21). The molecule has 0 spiro atoms. The molecule has 1 fully saturated rings. The molecule has 7 nitrogen and oxygen atoms in total. The van der Waals surface area contributed by atoms with Gasteiger partial charge in [0.15, 0.2) is 0 Å². The number of hydrogen-bond donors (Lipinski definition) is 1. The summed E-state index contributed by atoms with van der Waals surface area (Å²) in [5, 5.41) is 8.68. The van der Waals surface area contributed by atoms with Crippen LogP contribution in [0.5, 0.6) is 11.5 Å². The predicted octanol–water partition coefficient (Wildman–Crippen LogP) is 1.33. The van der Waals surface area contributed by atoms with Crippen molar-refractivity contribution in [2.75, 3.05) is 46.9 Å². The van der Waals surface area contributed by atoms with Gasteiger partial charge >= 0.3 is 5.97 Å². The summed E-state index contributed by atoms with van der Waals surface area (Å²) in [5.41, 5.74) is 0.547. The van der Waals surface area contributed by atoms with Gasteiger partial charge in [-0.3, -0.25) is 14.5 Å². The van der Waals surface area contributed by atoms with E-state index in [4.69, 9.17) is 14.6 Å². The molecule has 0 unspecified atom stereocenters. The third-order valence-corrected chi connectivity index (χ3v) is 4.12. The third-order valence-electron chi connectivity index (χ3n) is 4.12. The molecule has 1 aromatic carbocycles. The number of ether oxygens (including phenoxy) is 2. The first-order valence-corrected chi connectivity index (χ1v) is 8.00. The number of aliphatic carboxylic acids is 1. The highest BCUT2D eigenvalue weighted by molar-refractivity contribution is 5.95. The van der Waals surface area contributed by atoms with Crippen LogP contribution in [0, 0.1) is 0 Å². The summed E-state index contributed by atoms with van der Waals surface area (Å²) in [6.45, 7) is 3.52. The molecule has 24 heavy (non-hydrogen) atoms. The molecule has 1 N–H and O–H groups in total. The molecule has 132 valence electrons. The maximum atomic E-state index is 12.7. The number of nitrogens with zero attached hydrogens (tertiary/aromatic N) is 2. The van der Waals surface area contributed by atoms with Crippen LogP contribution in [0.15, 0.2) is 18.2 Å². The number of rotatable bonds is 7. The quantitative estimate of drug-likeness (QED) is 0.809. The first-order chi connectivity index (χ1) is 11.5. The van der Waals surface area contributed by atoms with Crippen molar-refractivity contribution in [2.24, 2.45) is 0 Å². The van der Waals surface area contributed by atoms with Gasteiger partial charge in [0.2, 0.25) is 0 Å². The fourth-order valence-corrected chi connectivity index (χ4v) is 2.74. The Morgan fingerprint density at radius 2 is 1.62 bits per heavy atom. The topological polar surface area (TPSA) is 79.3 Å². The Balaban J connectivity index is 1.92. The molecule has 2 rings (SSSR count). The average molecular weight is 336 g/mol. The van der Waals surface area contributed by atoms with Crippen LogP contribution < -0.4 is 9.47 Å². The zero-order valence-electron chi connectivity index (χ0n) is 14.2. The van der Waals surface area contributed by atoms with Gasteiger partial charge in [-0.1, -0.05) is 0 Å². The third kappa shape index (κ3) is 4.86.